The molecule has 2 aliphatic rings. The van der Waals surface area contributed by atoms with Crippen molar-refractivity contribution in [1.29, 1.82) is 0 Å². The smallest absolute Gasteiger partial charge is 0.346 e. The van der Waals surface area contributed by atoms with Crippen LogP contribution in [-0.4, -0.2) is 41.3 Å². The molecule has 1 aliphatic heterocycles. The van der Waals surface area contributed by atoms with Crippen LogP contribution in [0.3, 0.4) is 0 Å². The standard InChI is InChI=1S/C22H23N3O5/c1-2-29-19(26)16-8-6-15(7-9-16)18-11-10-17(30-18)14-23-25-20(27)22(24-21(25)28)12-4-3-5-13-22/h6-11,14H,2-5,12-13H2,1H3,(H,24,28)/b23-14-. The van der Waals surface area contributed by atoms with Gasteiger partial charge in [-0.3, -0.25) is 4.79 Å². The summed E-state index contributed by atoms with van der Waals surface area (Å²) in [4.78, 5) is 36.7. The molecule has 0 unspecified atom stereocenters. The third-order valence-corrected chi connectivity index (χ3v) is 5.46. The van der Waals surface area contributed by atoms with Gasteiger partial charge in [0, 0.05) is 5.56 Å². The van der Waals surface area contributed by atoms with Gasteiger partial charge in [-0.1, -0.05) is 31.4 Å². The van der Waals surface area contributed by atoms with Gasteiger partial charge in [0.2, 0.25) is 0 Å². The van der Waals surface area contributed by atoms with E-state index in [0.29, 0.717) is 36.5 Å². The summed E-state index contributed by atoms with van der Waals surface area (Å²) in [6.45, 7) is 2.08. The zero-order valence-electron chi connectivity index (χ0n) is 16.7. The SMILES string of the molecule is CCOC(=O)c1ccc(-c2ccc(/C=N\N3C(=O)NC4(CCCCC4)C3=O)o2)cc1. The molecule has 2 heterocycles. The van der Waals surface area contributed by atoms with Crippen LogP contribution in [0.5, 0.6) is 0 Å². The van der Waals surface area contributed by atoms with Crippen molar-refractivity contribution in [1.82, 2.24) is 10.3 Å². The summed E-state index contributed by atoms with van der Waals surface area (Å²) in [6, 6.07) is 9.81. The van der Waals surface area contributed by atoms with Crippen LogP contribution < -0.4 is 5.32 Å². The molecule has 1 aromatic carbocycles. The molecule has 1 saturated heterocycles. The Morgan fingerprint density at radius 1 is 1.17 bits per heavy atom. The van der Waals surface area contributed by atoms with Crippen molar-refractivity contribution >= 4 is 24.1 Å². The van der Waals surface area contributed by atoms with E-state index in [1.165, 1.54) is 6.21 Å². The second kappa shape index (κ2) is 8.14. The first-order valence-corrected chi connectivity index (χ1v) is 10.1. The maximum Gasteiger partial charge on any atom is 0.346 e. The van der Waals surface area contributed by atoms with E-state index < -0.39 is 11.6 Å². The fourth-order valence-electron chi connectivity index (χ4n) is 3.88. The highest BCUT2D eigenvalue weighted by Gasteiger charge is 2.51. The summed E-state index contributed by atoms with van der Waals surface area (Å²) in [6.07, 6.45) is 5.56. The molecule has 1 N–H and O–H groups in total. The van der Waals surface area contributed by atoms with Crippen LogP contribution in [-0.2, 0) is 9.53 Å². The van der Waals surface area contributed by atoms with Crippen LogP contribution in [0, 0.1) is 0 Å². The number of ether oxygens (including phenoxy) is 1. The average Bonchev–Trinajstić information content (AvgIpc) is 3.31. The van der Waals surface area contributed by atoms with E-state index >= 15 is 0 Å². The molecule has 0 bridgehead atoms. The molecule has 3 amide bonds. The van der Waals surface area contributed by atoms with E-state index in [2.05, 4.69) is 10.4 Å². The molecule has 156 valence electrons. The van der Waals surface area contributed by atoms with E-state index in [0.717, 1.165) is 29.8 Å². The highest BCUT2D eigenvalue weighted by atomic mass is 16.5. The number of rotatable bonds is 5. The summed E-state index contributed by atoms with van der Waals surface area (Å²) >= 11 is 0. The zero-order chi connectivity index (χ0) is 21.1. The number of carbonyl (C=O) groups is 3. The van der Waals surface area contributed by atoms with Gasteiger partial charge in [0.25, 0.3) is 5.91 Å². The Kier molecular flexibility index (Phi) is 5.39. The molecular weight excluding hydrogens is 386 g/mol. The second-order valence-electron chi connectivity index (χ2n) is 7.43. The van der Waals surface area contributed by atoms with Gasteiger partial charge in [-0.2, -0.15) is 5.10 Å². The summed E-state index contributed by atoms with van der Waals surface area (Å²) < 4.78 is 10.7. The third-order valence-electron chi connectivity index (χ3n) is 5.46. The Labute approximate surface area is 173 Å². The number of hydrazone groups is 1. The summed E-state index contributed by atoms with van der Waals surface area (Å²) in [5, 5.41) is 7.77. The summed E-state index contributed by atoms with van der Waals surface area (Å²) in [5.41, 5.74) is 0.435. The molecule has 30 heavy (non-hydrogen) atoms. The summed E-state index contributed by atoms with van der Waals surface area (Å²) in [7, 11) is 0. The number of furan rings is 1. The molecule has 1 saturated carbocycles. The van der Waals surface area contributed by atoms with Crippen molar-refractivity contribution in [2.75, 3.05) is 6.61 Å². The topological polar surface area (TPSA) is 101 Å². The fraction of sp³-hybridized carbons (Fsp3) is 0.364. The lowest BCUT2D eigenvalue weighted by Gasteiger charge is -2.29. The van der Waals surface area contributed by atoms with Gasteiger partial charge < -0.3 is 14.5 Å². The first kappa shape index (κ1) is 19.9. The van der Waals surface area contributed by atoms with Gasteiger partial charge in [0.15, 0.2) is 0 Å². The second-order valence-corrected chi connectivity index (χ2v) is 7.43. The highest BCUT2D eigenvalue weighted by Crippen LogP contribution is 2.33. The van der Waals surface area contributed by atoms with E-state index in [9.17, 15) is 14.4 Å². The van der Waals surface area contributed by atoms with E-state index in [4.69, 9.17) is 9.15 Å². The van der Waals surface area contributed by atoms with E-state index in [-0.39, 0.29) is 11.9 Å². The van der Waals surface area contributed by atoms with Crippen molar-refractivity contribution in [3.63, 3.8) is 0 Å². The van der Waals surface area contributed by atoms with Gasteiger partial charge >= 0.3 is 12.0 Å². The molecule has 1 aromatic heterocycles. The van der Waals surface area contributed by atoms with Crippen molar-refractivity contribution < 1.29 is 23.5 Å². The fourth-order valence-corrected chi connectivity index (χ4v) is 3.88. The molecule has 8 heteroatoms. The summed E-state index contributed by atoms with van der Waals surface area (Å²) in [5.74, 6) is 0.308. The van der Waals surface area contributed by atoms with Crippen LogP contribution in [0.1, 0.15) is 55.1 Å². The molecule has 8 nitrogen and oxygen atoms in total. The van der Waals surface area contributed by atoms with Crippen molar-refractivity contribution in [3.8, 4) is 11.3 Å². The molecule has 1 spiro atoms. The minimum absolute atomic E-state index is 0.301. The Bertz CT molecular complexity index is 986. The molecular formula is C22H23N3O5. The van der Waals surface area contributed by atoms with Gasteiger partial charge in [0.05, 0.1) is 18.4 Å². The lowest BCUT2D eigenvalue weighted by atomic mass is 9.82. The predicted molar refractivity (Wildman–Crippen MR) is 109 cm³/mol. The Hall–Kier alpha value is -3.42. The molecule has 2 fully saturated rings. The normalized spacial score (nSPS) is 18.2. The maximum atomic E-state index is 12.7. The van der Waals surface area contributed by atoms with Crippen molar-refractivity contribution in [3.05, 3.63) is 47.7 Å². The van der Waals surface area contributed by atoms with Crippen molar-refractivity contribution in [2.24, 2.45) is 5.10 Å². The molecule has 4 rings (SSSR count). The van der Waals surface area contributed by atoms with Gasteiger partial charge in [-0.15, -0.1) is 5.01 Å². The van der Waals surface area contributed by atoms with Gasteiger partial charge in [-0.25, -0.2) is 9.59 Å². The number of carbonyl (C=O) groups excluding carboxylic acids is 3. The van der Waals surface area contributed by atoms with Crippen LogP contribution in [0.2, 0.25) is 0 Å². The number of amides is 3. The number of esters is 1. The lowest BCUT2D eigenvalue weighted by molar-refractivity contribution is -0.132. The van der Waals surface area contributed by atoms with Crippen molar-refractivity contribution in [2.45, 2.75) is 44.6 Å². The molecule has 2 aromatic rings. The Morgan fingerprint density at radius 3 is 2.60 bits per heavy atom. The van der Waals surface area contributed by atoms with Crippen LogP contribution in [0.25, 0.3) is 11.3 Å². The number of benzene rings is 1. The van der Waals surface area contributed by atoms with Crippen LogP contribution in [0.4, 0.5) is 4.79 Å². The van der Waals surface area contributed by atoms with Crippen LogP contribution in [0.15, 0.2) is 45.9 Å². The first-order chi connectivity index (χ1) is 14.5. The number of nitrogens with zero attached hydrogens (tertiary/aromatic N) is 2. The Balaban J connectivity index is 1.46. The number of imide groups is 1. The average molecular weight is 409 g/mol. The molecule has 1 aliphatic carbocycles. The largest absolute Gasteiger partial charge is 0.462 e. The quantitative estimate of drug-likeness (QED) is 0.461. The lowest BCUT2D eigenvalue weighted by Crippen LogP contribution is -2.48. The van der Waals surface area contributed by atoms with Gasteiger partial charge in [-0.05, 0) is 44.0 Å². The number of hydrogen-bond donors (Lipinski definition) is 1. The first-order valence-electron chi connectivity index (χ1n) is 10.1. The molecule has 0 radical (unpaired) electrons. The Morgan fingerprint density at radius 2 is 1.90 bits per heavy atom. The maximum absolute atomic E-state index is 12.7. The minimum atomic E-state index is -0.804. The minimum Gasteiger partial charge on any atom is -0.462 e. The third kappa shape index (κ3) is 3.72. The monoisotopic (exact) mass is 409 g/mol. The van der Waals surface area contributed by atoms with Gasteiger partial charge in [0.1, 0.15) is 17.1 Å². The van der Waals surface area contributed by atoms with E-state index in [1.54, 1.807) is 43.3 Å². The molecule has 0 atom stereocenters. The van der Waals surface area contributed by atoms with Crippen LogP contribution >= 0.6 is 0 Å². The highest BCUT2D eigenvalue weighted by molar-refractivity contribution is 6.07. The number of urea groups is 1. The number of hydrogen-bond acceptors (Lipinski definition) is 6. The zero-order valence-corrected chi connectivity index (χ0v) is 16.7. The van der Waals surface area contributed by atoms with E-state index in [1.807, 2.05) is 0 Å². The predicted octanol–water partition coefficient (Wildman–Crippen LogP) is 3.71. The number of nitrogens with one attached hydrogen (secondary N) is 1.